The van der Waals surface area contributed by atoms with Crippen molar-refractivity contribution in [1.29, 1.82) is 0 Å². The molecule has 0 radical (unpaired) electrons. The quantitative estimate of drug-likeness (QED) is 0.776. The number of hydrogen-bond donors (Lipinski definition) is 0. The Bertz CT molecular complexity index is 484. The van der Waals surface area contributed by atoms with E-state index in [-0.39, 0.29) is 24.7 Å². The van der Waals surface area contributed by atoms with Gasteiger partial charge in [0.05, 0.1) is 18.8 Å². The molecule has 1 aliphatic heterocycles. The molecule has 1 aromatic heterocycles. The average Bonchev–Trinajstić information content (AvgIpc) is 3.23. The molecule has 22 heavy (non-hydrogen) atoms. The van der Waals surface area contributed by atoms with Gasteiger partial charge in [0.15, 0.2) is 0 Å². The van der Waals surface area contributed by atoms with Crippen molar-refractivity contribution in [2.45, 2.75) is 50.8 Å². The van der Waals surface area contributed by atoms with Gasteiger partial charge in [0.1, 0.15) is 6.61 Å². The predicted octanol–water partition coefficient (Wildman–Crippen LogP) is 2.33. The third-order valence-corrected chi connectivity index (χ3v) is 4.37. The highest BCUT2D eigenvalue weighted by Gasteiger charge is 2.36. The van der Waals surface area contributed by atoms with Crippen molar-refractivity contribution in [2.75, 3.05) is 19.8 Å². The first kappa shape index (κ1) is 15.4. The molecule has 1 aliphatic carbocycles. The van der Waals surface area contributed by atoms with Gasteiger partial charge in [-0.25, -0.2) is 0 Å². The molecule has 120 valence electrons. The van der Waals surface area contributed by atoms with Crippen LogP contribution in [0.4, 0.5) is 0 Å². The molecule has 5 heteroatoms. The molecule has 1 amide bonds. The first-order chi connectivity index (χ1) is 10.8. The Balaban J connectivity index is 1.55. The van der Waals surface area contributed by atoms with Gasteiger partial charge in [-0.2, -0.15) is 0 Å². The van der Waals surface area contributed by atoms with E-state index in [9.17, 15) is 4.79 Å². The molecular formula is C17H24N2O3. The van der Waals surface area contributed by atoms with Crippen molar-refractivity contribution in [2.24, 2.45) is 0 Å². The summed E-state index contributed by atoms with van der Waals surface area (Å²) in [5.74, 6) is 0.0665. The minimum atomic E-state index is 0.0417. The van der Waals surface area contributed by atoms with Crippen molar-refractivity contribution >= 4 is 5.91 Å². The number of nitrogens with zero attached hydrogens (tertiary/aromatic N) is 2. The van der Waals surface area contributed by atoms with E-state index in [1.165, 1.54) is 0 Å². The lowest BCUT2D eigenvalue weighted by atomic mass is 10.1. The van der Waals surface area contributed by atoms with Crippen LogP contribution in [0, 0.1) is 0 Å². The van der Waals surface area contributed by atoms with Gasteiger partial charge in [-0.15, -0.1) is 0 Å². The first-order valence-electron chi connectivity index (χ1n) is 8.16. The van der Waals surface area contributed by atoms with E-state index in [4.69, 9.17) is 9.47 Å². The van der Waals surface area contributed by atoms with Gasteiger partial charge in [-0.1, -0.05) is 6.07 Å². The lowest BCUT2D eigenvalue weighted by Crippen LogP contribution is -2.38. The van der Waals surface area contributed by atoms with E-state index >= 15 is 0 Å². The van der Waals surface area contributed by atoms with Crippen LogP contribution in [0.2, 0.25) is 0 Å². The summed E-state index contributed by atoms with van der Waals surface area (Å²) in [6, 6.07) is 4.33. The van der Waals surface area contributed by atoms with E-state index < -0.39 is 0 Å². The number of hydrogen-bond acceptors (Lipinski definition) is 4. The van der Waals surface area contributed by atoms with Crippen LogP contribution in [0.3, 0.4) is 0 Å². The molecule has 1 aromatic rings. The lowest BCUT2D eigenvalue weighted by molar-refractivity contribution is -0.140. The monoisotopic (exact) mass is 304 g/mol. The Hall–Kier alpha value is -1.46. The highest BCUT2D eigenvalue weighted by Crippen LogP contribution is 2.34. The molecule has 2 fully saturated rings. The Kier molecular flexibility index (Phi) is 5.05. The molecular weight excluding hydrogens is 280 g/mol. The maximum atomic E-state index is 12.6. The summed E-state index contributed by atoms with van der Waals surface area (Å²) >= 11 is 0. The van der Waals surface area contributed by atoms with Gasteiger partial charge in [0.25, 0.3) is 0 Å². The third kappa shape index (κ3) is 3.84. The number of carbonyl (C=O) groups excluding carboxylic acids is 1. The summed E-state index contributed by atoms with van der Waals surface area (Å²) in [4.78, 5) is 18.7. The molecule has 2 heterocycles. The summed E-state index contributed by atoms with van der Waals surface area (Å²) in [5.41, 5.74) is 1.07. The van der Waals surface area contributed by atoms with Crippen molar-refractivity contribution in [3.8, 4) is 0 Å². The molecule has 1 saturated heterocycles. The van der Waals surface area contributed by atoms with Crippen LogP contribution in [-0.2, 0) is 14.3 Å². The van der Waals surface area contributed by atoms with Gasteiger partial charge in [0.2, 0.25) is 5.91 Å². The highest BCUT2D eigenvalue weighted by molar-refractivity contribution is 5.78. The van der Waals surface area contributed by atoms with Gasteiger partial charge in [-0.05, 0) is 44.2 Å². The zero-order valence-electron chi connectivity index (χ0n) is 13.1. The largest absolute Gasteiger partial charge is 0.376 e. The fourth-order valence-electron chi connectivity index (χ4n) is 3.00. The van der Waals surface area contributed by atoms with Crippen LogP contribution < -0.4 is 0 Å². The number of amides is 1. The minimum Gasteiger partial charge on any atom is -0.376 e. The second-order valence-corrected chi connectivity index (χ2v) is 6.14. The minimum absolute atomic E-state index is 0.0417. The Morgan fingerprint density at radius 3 is 3.00 bits per heavy atom. The molecule has 5 nitrogen and oxygen atoms in total. The third-order valence-electron chi connectivity index (χ3n) is 4.37. The topological polar surface area (TPSA) is 51.7 Å². The second-order valence-electron chi connectivity index (χ2n) is 6.14. The highest BCUT2D eigenvalue weighted by atomic mass is 16.5. The molecule has 0 unspecified atom stereocenters. The summed E-state index contributed by atoms with van der Waals surface area (Å²) in [5, 5.41) is 0. The second kappa shape index (κ2) is 7.20. The molecule has 2 aliphatic rings. The van der Waals surface area contributed by atoms with Crippen LogP contribution in [0.1, 0.15) is 44.2 Å². The van der Waals surface area contributed by atoms with Crippen LogP contribution in [0.5, 0.6) is 0 Å². The van der Waals surface area contributed by atoms with Crippen molar-refractivity contribution in [1.82, 2.24) is 9.88 Å². The number of ether oxygens (including phenoxy) is 2. The van der Waals surface area contributed by atoms with E-state index in [0.717, 1.165) is 37.9 Å². The van der Waals surface area contributed by atoms with Crippen molar-refractivity contribution in [3.63, 3.8) is 0 Å². The SMILES string of the molecule is C[C@H](c1cccnc1)N(C(=O)COC[C@@H]1CCCO1)C1CC1. The van der Waals surface area contributed by atoms with Crippen LogP contribution in [0.15, 0.2) is 24.5 Å². The van der Waals surface area contributed by atoms with Crippen molar-refractivity contribution < 1.29 is 14.3 Å². The van der Waals surface area contributed by atoms with E-state index in [0.29, 0.717) is 12.6 Å². The molecule has 1 saturated carbocycles. The number of carbonyl (C=O) groups is 1. The molecule has 0 N–H and O–H groups in total. The molecule has 0 spiro atoms. The molecule has 0 aromatic carbocycles. The zero-order valence-corrected chi connectivity index (χ0v) is 13.1. The normalized spacial score (nSPS) is 22.5. The Morgan fingerprint density at radius 1 is 1.50 bits per heavy atom. The maximum Gasteiger partial charge on any atom is 0.249 e. The van der Waals surface area contributed by atoms with E-state index in [1.54, 1.807) is 6.20 Å². The average molecular weight is 304 g/mol. The summed E-state index contributed by atoms with van der Waals surface area (Å²) in [6.45, 7) is 3.54. The lowest BCUT2D eigenvalue weighted by Gasteiger charge is -2.29. The van der Waals surface area contributed by atoms with Gasteiger partial charge >= 0.3 is 0 Å². The van der Waals surface area contributed by atoms with Crippen LogP contribution in [-0.4, -0.2) is 47.8 Å². The van der Waals surface area contributed by atoms with Crippen LogP contribution in [0.25, 0.3) is 0 Å². The maximum absolute atomic E-state index is 12.6. The number of rotatable bonds is 7. The first-order valence-corrected chi connectivity index (χ1v) is 8.16. The summed E-state index contributed by atoms with van der Waals surface area (Å²) < 4.78 is 11.1. The smallest absolute Gasteiger partial charge is 0.249 e. The standard InChI is InChI=1S/C17H24N2O3/c1-13(14-4-2-8-18-10-14)19(15-6-7-15)17(20)12-21-11-16-5-3-9-22-16/h2,4,8,10,13,15-16H,3,5-7,9,11-12H2,1H3/t13-,16+/m1/s1. The van der Waals surface area contributed by atoms with E-state index in [2.05, 4.69) is 11.9 Å². The fraction of sp³-hybridized carbons (Fsp3) is 0.647. The number of aromatic nitrogens is 1. The van der Waals surface area contributed by atoms with Gasteiger partial charge in [0, 0.05) is 25.0 Å². The van der Waals surface area contributed by atoms with E-state index in [1.807, 2.05) is 23.2 Å². The van der Waals surface area contributed by atoms with Gasteiger partial charge in [-0.3, -0.25) is 9.78 Å². The molecule has 0 bridgehead atoms. The summed E-state index contributed by atoms with van der Waals surface area (Å²) in [6.07, 6.45) is 8.05. The van der Waals surface area contributed by atoms with Crippen molar-refractivity contribution in [3.05, 3.63) is 30.1 Å². The zero-order chi connectivity index (χ0) is 15.4. The Labute approximate surface area is 131 Å². The number of pyridine rings is 1. The van der Waals surface area contributed by atoms with Gasteiger partial charge < -0.3 is 14.4 Å². The Morgan fingerprint density at radius 2 is 2.36 bits per heavy atom. The molecule has 2 atom stereocenters. The summed E-state index contributed by atoms with van der Waals surface area (Å²) in [7, 11) is 0. The van der Waals surface area contributed by atoms with Crippen LogP contribution >= 0.6 is 0 Å². The fourth-order valence-corrected chi connectivity index (χ4v) is 3.00. The predicted molar refractivity (Wildman–Crippen MR) is 82.3 cm³/mol. The molecule has 3 rings (SSSR count).